The van der Waals surface area contributed by atoms with Crippen molar-refractivity contribution in [1.82, 2.24) is 9.80 Å². The van der Waals surface area contributed by atoms with Crippen LogP contribution in [-0.2, 0) is 4.79 Å². The molecule has 2 saturated heterocycles. The number of carboxylic acids is 1. The molecule has 0 radical (unpaired) electrons. The van der Waals surface area contributed by atoms with Gasteiger partial charge >= 0.3 is 5.97 Å². The largest absolute Gasteiger partial charge is 0.481 e. The molecule has 0 aromatic heterocycles. The molecule has 3 aromatic carbocycles. The first-order valence-corrected chi connectivity index (χ1v) is 11.3. The molecule has 0 spiro atoms. The third-order valence-corrected chi connectivity index (χ3v) is 7.05. The van der Waals surface area contributed by atoms with Gasteiger partial charge in [-0.15, -0.1) is 0 Å². The molecule has 3 aromatic rings. The number of rotatable bonds is 3. The van der Waals surface area contributed by atoms with E-state index in [9.17, 15) is 14.7 Å². The second kappa shape index (κ2) is 8.31. The van der Waals surface area contributed by atoms with Crippen LogP contribution in [0.5, 0.6) is 0 Å². The zero-order chi connectivity index (χ0) is 21.4. The lowest BCUT2D eigenvalue weighted by atomic mass is 9.93. The molecule has 160 valence electrons. The molecule has 2 heterocycles. The molecular weight excluding hydrogens is 388 g/mol. The number of hydrogen-bond donors (Lipinski definition) is 1. The van der Waals surface area contributed by atoms with Crippen LogP contribution in [0.15, 0.2) is 54.6 Å². The quantitative estimate of drug-likeness (QED) is 0.643. The topological polar surface area (TPSA) is 60.9 Å². The average molecular weight is 417 g/mol. The summed E-state index contributed by atoms with van der Waals surface area (Å²) in [6, 6.07) is 18.9. The van der Waals surface area contributed by atoms with Gasteiger partial charge in [0.15, 0.2) is 0 Å². The van der Waals surface area contributed by atoms with Crippen LogP contribution in [0.25, 0.3) is 21.5 Å². The van der Waals surface area contributed by atoms with Crippen LogP contribution in [0.1, 0.15) is 36.0 Å². The maximum absolute atomic E-state index is 13.4. The van der Waals surface area contributed by atoms with Crippen LogP contribution in [0.3, 0.4) is 0 Å². The Bertz CT molecular complexity index is 1130. The standard InChI is InChI=1S/C26H28N2O3/c29-25(23-9-3-7-20-15-18-5-1-2-6-19(18)16-24(20)23)27-13-10-22(11-14-27)28-12-4-8-21(17-28)26(30)31/h1-3,5-7,9,15-16,21-22H,4,8,10-14,17H2,(H,30,31)/t21-/m1/s1. The van der Waals surface area contributed by atoms with Gasteiger partial charge in [-0.05, 0) is 72.0 Å². The number of aliphatic carboxylic acids is 1. The highest BCUT2D eigenvalue weighted by atomic mass is 16.4. The molecule has 0 saturated carbocycles. The highest BCUT2D eigenvalue weighted by Gasteiger charge is 2.32. The van der Waals surface area contributed by atoms with E-state index in [1.54, 1.807) is 0 Å². The Morgan fingerprint density at radius 1 is 0.839 bits per heavy atom. The second-order valence-corrected chi connectivity index (χ2v) is 8.92. The Kier molecular flexibility index (Phi) is 5.36. The highest BCUT2D eigenvalue weighted by Crippen LogP contribution is 2.28. The molecule has 1 atom stereocenters. The number of carbonyl (C=O) groups is 2. The monoisotopic (exact) mass is 416 g/mol. The molecule has 2 fully saturated rings. The van der Waals surface area contributed by atoms with Gasteiger partial charge in [-0.1, -0.05) is 36.4 Å². The fourth-order valence-corrected chi connectivity index (χ4v) is 5.30. The van der Waals surface area contributed by atoms with Gasteiger partial charge in [0.1, 0.15) is 0 Å². The van der Waals surface area contributed by atoms with E-state index in [1.165, 1.54) is 5.39 Å². The van der Waals surface area contributed by atoms with Gasteiger partial charge in [-0.25, -0.2) is 0 Å². The summed E-state index contributed by atoms with van der Waals surface area (Å²) in [6.45, 7) is 3.06. The zero-order valence-electron chi connectivity index (χ0n) is 17.7. The summed E-state index contributed by atoms with van der Waals surface area (Å²) in [5, 5.41) is 13.8. The normalized spacial score (nSPS) is 20.9. The Hall–Kier alpha value is -2.92. The van der Waals surface area contributed by atoms with Gasteiger partial charge in [0, 0.05) is 31.2 Å². The first kappa shape index (κ1) is 20.0. The van der Waals surface area contributed by atoms with Gasteiger partial charge < -0.3 is 10.0 Å². The van der Waals surface area contributed by atoms with E-state index in [1.807, 2.05) is 29.2 Å². The summed E-state index contributed by atoms with van der Waals surface area (Å²) < 4.78 is 0. The van der Waals surface area contributed by atoms with E-state index < -0.39 is 5.97 Å². The minimum atomic E-state index is -0.680. The SMILES string of the molecule is O=C(O)[C@@H]1CCCN(C2CCN(C(=O)c3cccc4cc5ccccc5cc34)CC2)C1. The average Bonchev–Trinajstić information content (AvgIpc) is 2.82. The lowest BCUT2D eigenvalue weighted by Crippen LogP contribution is -2.50. The van der Waals surface area contributed by atoms with Crippen molar-refractivity contribution in [2.24, 2.45) is 5.92 Å². The molecule has 5 nitrogen and oxygen atoms in total. The third kappa shape index (κ3) is 3.90. The zero-order valence-corrected chi connectivity index (χ0v) is 17.7. The Labute approximate surface area is 182 Å². The molecule has 2 aliphatic heterocycles. The Morgan fingerprint density at radius 2 is 1.55 bits per heavy atom. The van der Waals surface area contributed by atoms with Crippen LogP contribution in [0.4, 0.5) is 0 Å². The van der Waals surface area contributed by atoms with Crippen LogP contribution in [-0.4, -0.2) is 59.0 Å². The van der Waals surface area contributed by atoms with E-state index in [0.29, 0.717) is 12.6 Å². The van der Waals surface area contributed by atoms with Crippen molar-refractivity contribution in [2.75, 3.05) is 26.2 Å². The van der Waals surface area contributed by atoms with Crippen LogP contribution < -0.4 is 0 Å². The maximum atomic E-state index is 13.4. The molecule has 2 aliphatic rings. The van der Waals surface area contributed by atoms with Gasteiger partial charge in [0.05, 0.1) is 5.92 Å². The number of benzene rings is 3. The predicted octanol–water partition coefficient (Wildman–Crippen LogP) is 4.39. The summed E-state index contributed by atoms with van der Waals surface area (Å²) in [6.07, 6.45) is 3.54. The highest BCUT2D eigenvalue weighted by molar-refractivity contribution is 6.10. The number of fused-ring (bicyclic) bond motifs is 2. The smallest absolute Gasteiger partial charge is 0.307 e. The minimum Gasteiger partial charge on any atom is -0.481 e. The fourth-order valence-electron chi connectivity index (χ4n) is 5.30. The number of hydrogen-bond acceptors (Lipinski definition) is 3. The summed E-state index contributed by atoms with van der Waals surface area (Å²) in [5.41, 5.74) is 0.769. The number of carbonyl (C=O) groups excluding carboxylic acids is 1. The van der Waals surface area contributed by atoms with Gasteiger partial charge in [0.2, 0.25) is 0 Å². The summed E-state index contributed by atoms with van der Waals surface area (Å²) in [5.74, 6) is -0.832. The summed E-state index contributed by atoms with van der Waals surface area (Å²) in [4.78, 5) is 29.1. The van der Waals surface area contributed by atoms with Crippen molar-refractivity contribution in [3.63, 3.8) is 0 Å². The number of carboxylic acid groups (broad SMARTS) is 1. The molecule has 5 heteroatoms. The Balaban J connectivity index is 1.32. The minimum absolute atomic E-state index is 0.0985. The number of likely N-dealkylation sites (tertiary alicyclic amines) is 2. The van der Waals surface area contributed by atoms with E-state index >= 15 is 0 Å². The lowest BCUT2D eigenvalue weighted by molar-refractivity contribution is -0.144. The van der Waals surface area contributed by atoms with E-state index in [0.717, 1.165) is 67.0 Å². The van der Waals surface area contributed by atoms with Crippen LogP contribution >= 0.6 is 0 Å². The van der Waals surface area contributed by atoms with Crippen molar-refractivity contribution < 1.29 is 14.7 Å². The van der Waals surface area contributed by atoms with Crippen molar-refractivity contribution in [3.05, 3.63) is 60.2 Å². The predicted molar refractivity (Wildman–Crippen MR) is 122 cm³/mol. The molecular formula is C26H28N2O3. The van der Waals surface area contributed by atoms with Crippen molar-refractivity contribution in [2.45, 2.75) is 31.7 Å². The first-order valence-electron chi connectivity index (χ1n) is 11.3. The molecule has 0 unspecified atom stereocenters. The Morgan fingerprint density at radius 3 is 2.29 bits per heavy atom. The van der Waals surface area contributed by atoms with Gasteiger partial charge in [0.25, 0.3) is 5.91 Å². The summed E-state index contributed by atoms with van der Waals surface area (Å²) >= 11 is 0. The number of piperidine rings is 2. The number of amides is 1. The van der Waals surface area contributed by atoms with Crippen molar-refractivity contribution in [1.29, 1.82) is 0 Å². The van der Waals surface area contributed by atoms with E-state index in [4.69, 9.17) is 0 Å². The van der Waals surface area contributed by atoms with Crippen LogP contribution in [0.2, 0.25) is 0 Å². The molecule has 1 amide bonds. The van der Waals surface area contributed by atoms with E-state index in [2.05, 4.69) is 35.2 Å². The van der Waals surface area contributed by atoms with Crippen molar-refractivity contribution >= 4 is 33.4 Å². The van der Waals surface area contributed by atoms with Gasteiger partial charge in [-0.2, -0.15) is 0 Å². The third-order valence-electron chi connectivity index (χ3n) is 7.05. The second-order valence-electron chi connectivity index (χ2n) is 8.92. The fraction of sp³-hybridized carbons (Fsp3) is 0.385. The molecule has 1 N–H and O–H groups in total. The first-order chi connectivity index (χ1) is 15.1. The van der Waals surface area contributed by atoms with E-state index in [-0.39, 0.29) is 11.8 Å². The lowest BCUT2D eigenvalue weighted by Gasteiger charge is -2.41. The molecule has 31 heavy (non-hydrogen) atoms. The molecule has 0 bridgehead atoms. The molecule has 0 aliphatic carbocycles. The molecule has 5 rings (SSSR count). The number of nitrogens with zero attached hydrogens (tertiary/aromatic N) is 2. The van der Waals surface area contributed by atoms with Crippen LogP contribution in [0, 0.1) is 5.92 Å². The summed E-state index contributed by atoms with van der Waals surface area (Å²) in [7, 11) is 0. The van der Waals surface area contributed by atoms with Gasteiger partial charge in [-0.3, -0.25) is 14.5 Å². The maximum Gasteiger partial charge on any atom is 0.307 e. The van der Waals surface area contributed by atoms with Crippen molar-refractivity contribution in [3.8, 4) is 0 Å².